The number of aromatic nitrogens is 2. The number of hydrogen-bond acceptors (Lipinski definition) is 3. The van der Waals surface area contributed by atoms with E-state index in [0.29, 0.717) is 15.8 Å². The second-order valence-corrected chi connectivity index (χ2v) is 7.91. The largest absolute Gasteiger partial charge is 0.482 e. The molecule has 0 bridgehead atoms. The van der Waals surface area contributed by atoms with Crippen LogP contribution in [0.3, 0.4) is 0 Å². The van der Waals surface area contributed by atoms with Gasteiger partial charge in [0.2, 0.25) is 0 Å². The summed E-state index contributed by atoms with van der Waals surface area (Å²) in [5.41, 5.74) is 3.48. The summed E-state index contributed by atoms with van der Waals surface area (Å²) in [6.07, 6.45) is 4.73. The van der Waals surface area contributed by atoms with Crippen molar-refractivity contribution in [3.63, 3.8) is 0 Å². The molecule has 3 aromatic rings. The van der Waals surface area contributed by atoms with Gasteiger partial charge in [-0.2, -0.15) is 5.10 Å². The van der Waals surface area contributed by atoms with E-state index in [1.54, 1.807) is 18.2 Å². The van der Waals surface area contributed by atoms with Gasteiger partial charge in [-0.15, -0.1) is 0 Å². The fraction of sp³-hybridized carbons (Fsp3) is 0.273. The number of benzene rings is 2. The second kappa shape index (κ2) is 8.89. The molecule has 5 nitrogen and oxygen atoms in total. The van der Waals surface area contributed by atoms with Crippen LogP contribution >= 0.6 is 23.2 Å². The van der Waals surface area contributed by atoms with Crippen molar-refractivity contribution in [2.75, 3.05) is 6.61 Å². The highest BCUT2D eigenvalue weighted by molar-refractivity contribution is 6.35. The number of carbonyl (C=O) groups is 1. The normalized spacial score (nSPS) is 15.6. The summed E-state index contributed by atoms with van der Waals surface area (Å²) in [6, 6.07) is 15.1. The molecule has 1 atom stereocenters. The van der Waals surface area contributed by atoms with Gasteiger partial charge in [-0.25, -0.2) is 0 Å². The smallest absolute Gasteiger partial charge is 0.258 e. The minimum Gasteiger partial charge on any atom is -0.482 e. The number of carbonyl (C=O) groups excluding carboxylic acids is 1. The van der Waals surface area contributed by atoms with Crippen molar-refractivity contribution < 1.29 is 9.53 Å². The first-order chi connectivity index (χ1) is 14.1. The van der Waals surface area contributed by atoms with Gasteiger partial charge in [-0.3, -0.25) is 9.48 Å². The minimum absolute atomic E-state index is 0.0555. The first kappa shape index (κ1) is 19.8. The maximum absolute atomic E-state index is 12.4. The molecule has 0 aliphatic heterocycles. The Balaban J connectivity index is 1.40. The molecule has 0 spiro atoms. The lowest BCUT2D eigenvalue weighted by Gasteiger charge is -2.24. The summed E-state index contributed by atoms with van der Waals surface area (Å²) in [6.45, 7) is 0.625. The van der Waals surface area contributed by atoms with Crippen molar-refractivity contribution in [2.45, 2.75) is 31.8 Å². The number of nitrogens with zero attached hydrogens (tertiary/aromatic N) is 2. The average Bonchev–Trinajstić information content (AvgIpc) is 3.12. The van der Waals surface area contributed by atoms with Gasteiger partial charge in [-0.05, 0) is 43.0 Å². The number of halogens is 2. The Bertz CT molecular complexity index is 1000. The van der Waals surface area contributed by atoms with E-state index >= 15 is 0 Å². The summed E-state index contributed by atoms with van der Waals surface area (Å²) in [5.74, 6) is 0.246. The van der Waals surface area contributed by atoms with Crippen molar-refractivity contribution >= 4 is 29.1 Å². The maximum Gasteiger partial charge on any atom is 0.258 e. The highest BCUT2D eigenvalue weighted by Crippen LogP contribution is 2.30. The van der Waals surface area contributed by atoms with Crippen LogP contribution in [0.4, 0.5) is 0 Å². The lowest BCUT2D eigenvalue weighted by atomic mass is 9.93. The number of rotatable bonds is 6. The zero-order valence-electron chi connectivity index (χ0n) is 15.8. The van der Waals surface area contributed by atoms with E-state index in [4.69, 9.17) is 27.9 Å². The summed E-state index contributed by atoms with van der Waals surface area (Å²) in [5, 5.41) is 8.54. The van der Waals surface area contributed by atoms with Gasteiger partial charge in [0.15, 0.2) is 6.61 Å². The third kappa shape index (κ3) is 4.74. The lowest BCUT2D eigenvalue weighted by molar-refractivity contribution is -0.123. The van der Waals surface area contributed by atoms with Gasteiger partial charge in [0.05, 0.1) is 23.8 Å². The summed E-state index contributed by atoms with van der Waals surface area (Å²) < 4.78 is 7.58. The Morgan fingerprint density at radius 3 is 2.83 bits per heavy atom. The quantitative estimate of drug-likeness (QED) is 0.611. The van der Waals surface area contributed by atoms with E-state index in [2.05, 4.69) is 22.5 Å². The predicted octanol–water partition coefficient (Wildman–Crippen LogP) is 4.81. The van der Waals surface area contributed by atoms with Crippen LogP contribution < -0.4 is 10.1 Å². The fourth-order valence-corrected chi connectivity index (χ4v) is 4.10. The highest BCUT2D eigenvalue weighted by atomic mass is 35.5. The molecule has 1 heterocycles. The Morgan fingerprint density at radius 1 is 1.21 bits per heavy atom. The van der Waals surface area contributed by atoms with Crippen LogP contribution in [0.1, 0.15) is 35.7 Å². The number of ether oxygens (including phenoxy) is 1. The fourth-order valence-electron chi connectivity index (χ4n) is 3.63. The number of fused-ring (bicyclic) bond motifs is 1. The molecular weight excluding hydrogens is 409 g/mol. The summed E-state index contributed by atoms with van der Waals surface area (Å²) in [7, 11) is 0. The molecule has 1 N–H and O–H groups in total. The zero-order chi connectivity index (χ0) is 20.2. The maximum atomic E-state index is 12.4. The van der Waals surface area contributed by atoms with Gasteiger partial charge < -0.3 is 10.1 Å². The van der Waals surface area contributed by atoms with Crippen LogP contribution in [0.2, 0.25) is 10.0 Å². The summed E-state index contributed by atoms with van der Waals surface area (Å²) >= 11 is 12.0. The molecule has 1 amide bonds. The topological polar surface area (TPSA) is 56.1 Å². The van der Waals surface area contributed by atoms with Crippen LogP contribution in [-0.4, -0.2) is 22.3 Å². The Morgan fingerprint density at radius 2 is 2.03 bits per heavy atom. The van der Waals surface area contributed by atoms with Gasteiger partial charge in [-0.1, -0.05) is 53.5 Å². The molecule has 1 aliphatic rings. The van der Waals surface area contributed by atoms with E-state index in [0.717, 1.165) is 31.4 Å². The summed E-state index contributed by atoms with van der Waals surface area (Å²) in [4.78, 5) is 12.4. The third-order valence-electron chi connectivity index (χ3n) is 5.03. The number of nitrogens with one attached hydrogen (secondary N) is 1. The van der Waals surface area contributed by atoms with Crippen LogP contribution in [0.5, 0.6) is 5.75 Å². The average molecular weight is 430 g/mol. The minimum atomic E-state index is -0.190. The molecule has 0 radical (unpaired) electrons. The Hall–Kier alpha value is -2.50. The van der Waals surface area contributed by atoms with E-state index in [-0.39, 0.29) is 18.6 Å². The molecule has 0 saturated heterocycles. The van der Waals surface area contributed by atoms with E-state index < -0.39 is 0 Å². The standard InChI is InChI=1S/C22H21Cl2N3O2/c23-16-9-10-21(18(24)11-16)29-14-22(28)26-19-7-4-8-20-17(19)12-25-27(20)13-15-5-2-1-3-6-15/h1-3,5-6,9-12,19H,4,7-8,13-14H2,(H,26,28). The van der Waals surface area contributed by atoms with Crippen LogP contribution in [-0.2, 0) is 17.8 Å². The highest BCUT2D eigenvalue weighted by Gasteiger charge is 2.25. The molecule has 0 saturated carbocycles. The third-order valence-corrected chi connectivity index (χ3v) is 5.56. The Kier molecular flexibility index (Phi) is 6.07. The second-order valence-electron chi connectivity index (χ2n) is 7.07. The predicted molar refractivity (Wildman–Crippen MR) is 114 cm³/mol. The molecular formula is C22H21Cl2N3O2. The molecule has 0 fully saturated rings. The van der Waals surface area contributed by atoms with E-state index in [1.807, 2.05) is 29.1 Å². The number of amides is 1. The van der Waals surface area contributed by atoms with Crippen molar-refractivity contribution in [3.05, 3.63) is 81.6 Å². The van der Waals surface area contributed by atoms with Gasteiger partial charge in [0, 0.05) is 16.3 Å². The van der Waals surface area contributed by atoms with Gasteiger partial charge in [0.25, 0.3) is 5.91 Å². The van der Waals surface area contributed by atoms with Crippen molar-refractivity contribution in [2.24, 2.45) is 0 Å². The van der Waals surface area contributed by atoms with Crippen molar-refractivity contribution in [1.82, 2.24) is 15.1 Å². The first-order valence-corrected chi connectivity index (χ1v) is 10.3. The van der Waals surface area contributed by atoms with Crippen molar-refractivity contribution in [3.8, 4) is 5.75 Å². The van der Waals surface area contributed by atoms with E-state index in [9.17, 15) is 4.79 Å². The molecule has 1 aliphatic carbocycles. The Labute approximate surface area is 179 Å². The molecule has 1 unspecified atom stereocenters. The van der Waals surface area contributed by atoms with Crippen LogP contribution in [0.15, 0.2) is 54.7 Å². The lowest BCUT2D eigenvalue weighted by Crippen LogP contribution is -2.34. The molecule has 150 valence electrons. The zero-order valence-corrected chi connectivity index (χ0v) is 17.3. The van der Waals surface area contributed by atoms with Crippen LogP contribution in [0, 0.1) is 0 Å². The van der Waals surface area contributed by atoms with Gasteiger partial charge in [0.1, 0.15) is 5.75 Å². The number of hydrogen-bond donors (Lipinski definition) is 1. The molecule has 4 rings (SSSR count). The first-order valence-electron chi connectivity index (χ1n) is 9.56. The molecule has 1 aromatic heterocycles. The molecule has 29 heavy (non-hydrogen) atoms. The van der Waals surface area contributed by atoms with Gasteiger partial charge >= 0.3 is 0 Å². The molecule has 7 heteroatoms. The monoisotopic (exact) mass is 429 g/mol. The molecule has 2 aromatic carbocycles. The SMILES string of the molecule is O=C(COc1ccc(Cl)cc1Cl)NC1CCCc2c1cnn2Cc1ccccc1. The van der Waals surface area contributed by atoms with E-state index in [1.165, 1.54) is 11.3 Å². The van der Waals surface area contributed by atoms with Crippen LogP contribution in [0.25, 0.3) is 0 Å². The van der Waals surface area contributed by atoms with Crippen molar-refractivity contribution in [1.29, 1.82) is 0 Å².